The van der Waals surface area contributed by atoms with Gasteiger partial charge < -0.3 is 27.4 Å². The van der Waals surface area contributed by atoms with Gasteiger partial charge in [-0.1, -0.05) is 0 Å². The molecule has 0 aromatic carbocycles. The third-order valence-corrected chi connectivity index (χ3v) is 5.15. The van der Waals surface area contributed by atoms with Crippen molar-refractivity contribution in [2.24, 2.45) is 20.0 Å². The molecule has 0 bridgehead atoms. The highest BCUT2D eigenvalue weighted by Gasteiger charge is 2.30. The summed E-state index contributed by atoms with van der Waals surface area (Å²) in [5, 5.41) is 14.4. The van der Waals surface area contributed by atoms with Crippen LogP contribution in [0.15, 0.2) is 15.9 Å². The number of nitrogens with zero attached hydrogens (tertiary/aromatic N) is 4. The van der Waals surface area contributed by atoms with Crippen LogP contribution in [0.1, 0.15) is 19.3 Å². The number of carbonyl (C=O) groups is 2. The molecule has 1 saturated heterocycles. The lowest BCUT2D eigenvalue weighted by atomic mass is 9.91. The number of piperidine rings is 1. The van der Waals surface area contributed by atoms with Crippen molar-refractivity contribution in [3.8, 4) is 0 Å². The topological polar surface area (TPSA) is 145 Å². The Kier molecular flexibility index (Phi) is 7.33. The van der Waals surface area contributed by atoms with Gasteiger partial charge in [-0.05, 0) is 0 Å². The van der Waals surface area contributed by atoms with E-state index in [1.807, 2.05) is 5.32 Å². The number of fused-ring (bicyclic) bond motifs is 1. The fraction of sp³-hybridized carbons (Fsp3) is 0.588. The molecule has 4 N–H and O–H groups in total. The first-order chi connectivity index (χ1) is 13.3. The minimum Gasteiger partial charge on any atom is -1.00 e. The predicted molar refractivity (Wildman–Crippen MR) is 98.4 cm³/mol. The number of hydrogen-bond acceptors (Lipinski definition) is 6. The van der Waals surface area contributed by atoms with E-state index < -0.39 is 11.8 Å². The van der Waals surface area contributed by atoms with Crippen molar-refractivity contribution in [3.05, 3.63) is 27.2 Å². The Hall–Kier alpha value is -2.50. The van der Waals surface area contributed by atoms with Gasteiger partial charge in [-0.15, -0.1) is 0 Å². The number of aliphatic hydroxyl groups excluding tert-OH is 1. The Morgan fingerprint density at radius 3 is 2.52 bits per heavy atom. The molecular weight excluding hydrogens is 404 g/mol. The fourth-order valence-corrected chi connectivity index (χ4v) is 3.53. The highest BCUT2D eigenvalue weighted by Crippen LogP contribution is 2.16. The average Bonchev–Trinajstić information content (AvgIpc) is 3.07. The van der Waals surface area contributed by atoms with Crippen molar-refractivity contribution in [2.45, 2.75) is 31.9 Å². The maximum Gasteiger partial charge on any atom is 0.332 e. The summed E-state index contributed by atoms with van der Waals surface area (Å²) in [5.74, 6) is -1.04. The van der Waals surface area contributed by atoms with Gasteiger partial charge in [-0.3, -0.25) is 28.8 Å². The van der Waals surface area contributed by atoms with Crippen molar-refractivity contribution in [2.75, 3.05) is 13.1 Å². The Balaban J connectivity index is 0.00000300. The molecule has 160 valence electrons. The molecule has 29 heavy (non-hydrogen) atoms. The lowest BCUT2D eigenvalue weighted by Crippen LogP contribution is -3.00. The molecule has 1 aliphatic rings. The van der Waals surface area contributed by atoms with Crippen LogP contribution in [0, 0.1) is 5.92 Å². The molecule has 0 saturated carbocycles. The number of hydrogen-bond donors (Lipinski definition) is 3. The Morgan fingerprint density at radius 1 is 1.21 bits per heavy atom. The third kappa shape index (κ3) is 4.74. The van der Waals surface area contributed by atoms with Crippen LogP contribution in [0.5, 0.6) is 0 Å². The van der Waals surface area contributed by atoms with E-state index in [0.29, 0.717) is 37.2 Å². The van der Waals surface area contributed by atoms with Crippen LogP contribution in [-0.4, -0.2) is 54.8 Å². The number of nitrogens with one attached hydrogen (secondary N) is 1. The fourth-order valence-electron chi connectivity index (χ4n) is 3.53. The summed E-state index contributed by atoms with van der Waals surface area (Å²) in [6.07, 6.45) is 1.85. The Bertz CT molecular complexity index is 1010. The minimum absolute atomic E-state index is 0. The van der Waals surface area contributed by atoms with Gasteiger partial charge in [0.15, 0.2) is 11.2 Å². The Morgan fingerprint density at radius 2 is 1.86 bits per heavy atom. The summed E-state index contributed by atoms with van der Waals surface area (Å²) in [4.78, 5) is 51.3. The van der Waals surface area contributed by atoms with E-state index in [9.17, 15) is 24.3 Å². The lowest BCUT2D eigenvalue weighted by molar-refractivity contribution is -0.662. The monoisotopic (exact) mass is 428 g/mol. The van der Waals surface area contributed by atoms with E-state index >= 15 is 0 Å². The zero-order valence-corrected chi connectivity index (χ0v) is 17.1. The normalized spacial score (nSPS) is 16.0. The van der Waals surface area contributed by atoms with Gasteiger partial charge in [0, 0.05) is 45.8 Å². The molecule has 1 atom stereocenters. The van der Waals surface area contributed by atoms with Crippen LogP contribution >= 0.6 is 0 Å². The van der Waals surface area contributed by atoms with E-state index in [1.54, 1.807) is 17.9 Å². The molecule has 0 aliphatic carbocycles. The number of aromatic nitrogens is 4. The smallest absolute Gasteiger partial charge is 0.332 e. The second-order valence-electron chi connectivity index (χ2n) is 7.19. The highest BCUT2D eigenvalue weighted by molar-refractivity contribution is 5.97. The number of halogens is 1. The van der Waals surface area contributed by atoms with Gasteiger partial charge in [-0.2, -0.15) is 0 Å². The van der Waals surface area contributed by atoms with Crippen molar-refractivity contribution >= 4 is 23.0 Å². The van der Waals surface area contributed by atoms with Gasteiger partial charge in [-0.25, -0.2) is 9.78 Å². The number of quaternary nitrogens is 1. The molecule has 1 unspecified atom stereocenters. The number of imidazole rings is 1. The number of aryl methyl sites for hydroxylation is 2. The van der Waals surface area contributed by atoms with Crippen LogP contribution < -0.4 is 34.3 Å². The summed E-state index contributed by atoms with van der Waals surface area (Å²) >= 11 is 0. The van der Waals surface area contributed by atoms with E-state index in [-0.39, 0.29) is 48.5 Å². The standard InChI is InChI=1S/C17H24N6O5.ClH/c1-21-15-14(16(27)22(2)17(21)28)23(9-19-15)5-3-4-18-8-11(24)10-6-12(25)20-13(26)7-10;/h9-11,18,24H,3-8H2,1-2H3,(H,20,25,26);1H. The van der Waals surface area contributed by atoms with Gasteiger partial charge >= 0.3 is 5.69 Å². The number of amides is 2. The minimum atomic E-state index is -0.731. The van der Waals surface area contributed by atoms with Crippen molar-refractivity contribution in [1.29, 1.82) is 0 Å². The number of aliphatic hydroxyl groups is 1. The molecular formula is C17H25ClN6O5. The van der Waals surface area contributed by atoms with Crippen LogP contribution in [0.4, 0.5) is 0 Å². The molecule has 1 fully saturated rings. The van der Waals surface area contributed by atoms with E-state index in [2.05, 4.69) is 10.3 Å². The molecule has 12 heteroatoms. The highest BCUT2D eigenvalue weighted by atomic mass is 35.5. The van der Waals surface area contributed by atoms with Gasteiger partial charge in [0.1, 0.15) is 12.6 Å². The maximum atomic E-state index is 12.4. The van der Waals surface area contributed by atoms with Crippen molar-refractivity contribution < 1.29 is 32.4 Å². The second-order valence-corrected chi connectivity index (χ2v) is 7.19. The molecule has 2 amide bonds. The van der Waals surface area contributed by atoms with Gasteiger partial charge in [0.2, 0.25) is 11.8 Å². The molecule has 0 spiro atoms. The summed E-state index contributed by atoms with van der Waals surface area (Å²) in [6.45, 7) is 1.63. The van der Waals surface area contributed by atoms with E-state index in [1.165, 1.54) is 11.6 Å². The maximum absolute atomic E-state index is 12.4. The van der Waals surface area contributed by atoms with E-state index in [0.717, 1.165) is 4.57 Å². The number of carbonyl (C=O) groups excluding carboxylic acids is 2. The number of rotatable bonds is 7. The quantitative estimate of drug-likeness (QED) is 0.295. The summed E-state index contributed by atoms with van der Waals surface area (Å²) in [6, 6.07) is 0. The first kappa shape index (κ1) is 22.8. The molecule has 3 heterocycles. The molecule has 3 rings (SSSR count). The van der Waals surface area contributed by atoms with Crippen molar-refractivity contribution in [3.63, 3.8) is 0 Å². The van der Waals surface area contributed by atoms with Crippen LogP contribution in [0.3, 0.4) is 0 Å². The summed E-state index contributed by atoms with van der Waals surface area (Å²) in [5.41, 5.74) is -0.0562. The molecule has 2 aromatic rings. The van der Waals surface area contributed by atoms with Crippen LogP contribution in [-0.2, 0) is 30.2 Å². The molecule has 11 nitrogen and oxygen atoms in total. The third-order valence-electron chi connectivity index (χ3n) is 5.15. The molecule has 2 aromatic heterocycles. The number of imide groups is 1. The second kappa shape index (κ2) is 9.33. The zero-order valence-electron chi connectivity index (χ0n) is 16.3. The van der Waals surface area contributed by atoms with Gasteiger partial charge in [0.25, 0.3) is 5.56 Å². The Labute approximate surface area is 172 Å². The average molecular weight is 429 g/mol. The van der Waals surface area contributed by atoms with Gasteiger partial charge in [0.05, 0.1) is 12.9 Å². The lowest BCUT2D eigenvalue weighted by Gasteiger charge is -2.24. The SMILES string of the molecule is Cn1c(=O)c2c(ncn2CCC[NH2+]CC(O)C2CC(=O)NC(=O)C2)n(C)c1=O.[Cl-]. The first-order valence-corrected chi connectivity index (χ1v) is 9.23. The molecule has 1 aliphatic heterocycles. The summed E-state index contributed by atoms with van der Waals surface area (Å²) < 4.78 is 4.13. The molecule has 0 radical (unpaired) electrons. The summed E-state index contributed by atoms with van der Waals surface area (Å²) in [7, 11) is 3.01. The van der Waals surface area contributed by atoms with Crippen LogP contribution in [0.2, 0.25) is 0 Å². The largest absolute Gasteiger partial charge is 1.00 e. The predicted octanol–water partition coefficient (Wildman–Crippen LogP) is -6.20. The first-order valence-electron chi connectivity index (χ1n) is 9.23. The zero-order chi connectivity index (χ0) is 20.4. The van der Waals surface area contributed by atoms with Crippen LogP contribution in [0.25, 0.3) is 11.2 Å². The van der Waals surface area contributed by atoms with Crippen molar-refractivity contribution in [1.82, 2.24) is 24.0 Å². The number of nitrogens with two attached hydrogens (primary N) is 1. The van der Waals surface area contributed by atoms with E-state index in [4.69, 9.17) is 0 Å².